The summed E-state index contributed by atoms with van der Waals surface area (Å²) in [6.07, 6.45) is 3.46. The number of alkyl halides is 1. The van der Waals surface area contributed by atoms with E-state index in [0.29, 0.717) is 17.0 Å². The van der Waals surface area contributed by atoms with Crippen molar-refractivity contribution < 1.29 is 14.3 Å². The Labute approximate surface area is 121 Å². The molecule has 0 aliphatic heterocycles. The second-order valence-electron chi connectivity index (χ2n) is 4.93. The maximum atomic E-state index is 12.1. The SMILES string of the molecule is COC(=O)c1cc(C(=O)CBr)c(C2CCC2)cc1C. The van der Waals surface area contributed by atoms with E-state index in [1.807, 2.05) is 13.0 Å². The third kappa shape index (κ3) is 2.73. The number of carbonyl (C=O) groups excluding carboxylic acids is 2. The number of hydrogen-bond acceptors (Lipinski definition) is 3. The van der Waals surface area contributed by atoms with E-state index >= 15 is 0 Å². The first-order valence-electron chi connectivity index (χ1n) is 6.40. The zero-order valence-corrected chi connectivity index (χ0v) is 12.7. The standard InChI is InChI=1S/C15H17BrO3/c1-9-6-12(10-4-3-5-10)13(14(17)8-16)7-11(9)15(18)19-2/h6-7,10H,3-5,8H2,1-2H3. The number of Topliss-reactive ketones (excluding diaryl/α,β-unsaturated/α-hetero) is 1. The van der Waals surface area contributed by atoms with Gasteiger partial charge in [-0.1, -0.05) is 28.4 Å². The van der Waals surface area contributed by atoms with Crippen LogP contribution in [0.15, 0.2) is 12.1 Å². The third-order valence-electron chi connectivity index (χ3n) is 3.77. The molecule has 0 aromatic heterocycles. The fourth-order valence-corrected chi connectivity index (χ4v) is 2.73. The van der Waals surface area contributed by atoms with Crippen LogP contribution in [0.1, 0.15) is 57.0 Å². The lowest BCUT2D eigenvalue weighted by atomic mass is 9.76. The highest BCUT2D eigenvalue weighted by Crippen LogP contribution is 2.39. The van der Waals surface area contributed by atoms with Crippen molar-refractivity contribution in [1.82, 2.24) is 0 Å². The smallest absolute Gasteiger partial charge is 0.338 e. The number of ether oxygens (including phenoxy) is 1. The minimum absolute atomic E-state index is 0.0204. The van der Waals surface area contributed by atoms with E-state index in [9.17, 15) is 9.59 Å². The number of rotatable bonds is 4. The highest BCUT2D eigenvalue weighted by Gasteiger charge is 2.26. The van der Waals surface area contributed by atoms with Gasteiger partial charge in [0.1, 0.15) is 0 Å². The molecule has 1 fully saturated rings. The van der Waals surface area contributed by atoms with Gasteiger partial charge in [-0.3, -0.25) is 4.79 Å². The topological polar surface area (TPSA) is 43.4 Å². The van der Waals surface area contributed by atoms with Crippen molar-refractivity contribution in [3.05, 3.63) is 34.4 Å². The Bertz CT molecular complexity index is 518. The van der Waals surface area contributed by atoms with E-state index in [-0.39, 0.29) is 17.1 Å². The highest BCUT2D eigenvalue weighted by atomic mass is 79.9. The summed E-state index contributed by atoms with van der Waals surface area (Å²) >= 11 is 3.21. The van der Waals surface area contributed by atoms with E-state index in [0.717, 1.165) is 24.0 Å². The number of benzene rings is 1. The Balaban J connectivity index is 2.51. The van der Waals surface area contributed by atoms with Crippen molar-refractivity contribution in [3.63, 3.8) is 0 Å². The Morgan fingerprint density at radius 1 is 1.32 bits per heavy atom. The molecule has 0 saturated heterocycles. The zero-order chi connectivity index (χ0) is 14.0. The van der Waals surface area contributed by atoms with Crippen LogP contribution in [-0.4, -0.2) is 24.2 Å². The molecule has 1 saturated carbocycles. The van der Waals surface area contributed by atoms with Crippen molar-refractivity contribution in [2.45, 2.75) is 32.1 Å². The Morgan fingerprint density at radius 3 is 2.47 bits per heavy atom. The molecule has 0 bridgehead atoms. The average Bonchev–Trinajstić information content (AvgIpc) is 2.35. The van der Waals surface area contributed by atoms with Gasteiger partial charge in [-0.05, 0) is 42.9 Å². The molecular formula is C15H17BrO3. The van der Waals surface area contributed by atoms with Crippen LogP contribution in [0.25, 0.3) is 0 Å². The molecule has 0 atom stereocenters. The molecule has 4 heteroatoms. The van der Waals surface area contributed by atoms with Crippen LogP contribution in [-0.2, 0) is 4.74 Å². The first-order valence-corrected chi connectivity index (χ1v) is 7.52. The van der Waals surface area contributed by atoms with Crippen molar-refractivity contribution in [1.29, 1.82) is 0 Å². The second kappa shape index (κ2) is 5.87. The van der Waals surface area contributed by atoms with Gasteiger partial charge >= 0.3 is 5.97 Å². The molecule has 0 spiro atoms. The van der Waals surface area contributed by atoms with E-state index in [4.69, 9.17) is 4.74 Å². The van der Waals surface area contributed by atoms with Gasteiger partial charge in [0.05, 0.1) is 18.0 Å². The first kappa shape index (κ1) is 14.3. The normalized spacial score (nSPS) is 14.9. The molecular weight excluding hydrogens is 308 g/mol. The summed E-state index contributed by atoms with van der Waals surface area (Å²) in [6, 6.07) is 3.67. The number of methoxy groups -OCH3 is 1. The highest BCUT2D eigenvalue weighted by molar-refractivity contribution is 9.09. The fraction of sp³-hybridized carbons (Fsp3) is 0.467. The van der Waals surface area contributed by atoms with Gasteiger partial charge in [0.2, 0.25) is 0 Å². The fourth-order valence-electron chi connectivity index (χ4n) is 2.43. The number of aryl methyl sites for hydroxylation is 1. The van der Waals surface area contributed by atoms with Gasteiger partial charge in [0.15, 0.2) is 5.78 Å². The lowest BCUT2D eigenvalue weighted by Gasteiger charge is -2.28. The van der Waals surface area contributed by atoms with Crippen LogP contribution < -0.4 is 0 Å². The molecule has 0 amide bonds. The molecule has 0 unspecified atom stereocenters. The third-order valence-corrected chi connectivity index (χ3v) is 4.28. The van der Waals surface area contributed by atoms with Crippen LogP contribution in [0.4, 0.5) is 0 Å². The van der Waals surface area contributed by atoms with E-state index in [1.54, 1.807) is 6.07 Å². The summed E-state index contributed by atoms with van der Waals surface area (Å²) in [5.41, 5.74) is 3.10. The van der Waals surface area contributed by atoms with E-state index in [1.165, 1.54) is 13.5 Å². The van der Waals surface area contributed by atoms with Crippen LogP contribution in [0.2, 0.25) is 0 Å². The van der Waals surface area contributed by atoms with Gasteiger partial charge in [0.25, 0.3) is 0 Å². The van der Waals surface area contributed by atoms with E-state index in [2.05, 4.69) is 15.9 Å². The van der Waals surface area contributed by atoms with Gasteiger partial charge < -0.3 is 4.74 Å². The molecule has 3 nitrogen and oxygen atoms in total. The summed E-state index contributed by atoms with van der Waals surface area (Å²) in [6.45, 7) is 1.89. The first-order chi connectivity index (χ1) is 9.08. The maximum absolute atomic E-state index is 12.1. The van der Waals surface area contributed by atoms with Crippen molar-refractivity contribution >= 4 is 27.7 Å². The summed E-state index contributed by atoms with van der Waals surface area (Å²) in [5, 5.41) is 0.274. The molecule has 102 valence electrons. The van der Waals surface area contributed by atoms with Gasteiger partial charge in [-0.15, -0.1) is 0 Å². The number of esters is 1. The number of ketones is 1. The predicted molar refractivity (Wildman–Crippen MR) is 77.2 cm³/mol. The number of halogens is 1. The summed E-state index contributed by atoms with van der Waals surface area (Å²) in [5.74, 6) is 0.0942. The van der Waals surface area contributed by atoms with Crippen LogP contribution >= 0.6 is 15.9 Å². The van der Waals surface area contributed by atoms with Crippen molar-refractivity contribution in [2.24, 2.45) is 0 Å². The molecule has 1 aliphatic carbocycles. The van der Waals surface area contributed by atoms with Gasteiger partial charge in [0, 0.05) is 5.56 Å². The lowest BCUT2D eigenvalue weighted by Crippen LogP contribution is -2.17. The quantitative estimate of drug-likeness (QED) is 0.482. The number of hydrogen-bond donors (Lipinski definition) is 0. The summed E-state index contributed by atoms with van der Waals surface area (Å²) in [7, 11) is 1.35. The predicted octanol–water partition coefficient (Wildman–Crippen LogP) is 3.63. The van der Waals surface area contributed by atoms with Crippen molar-refractivity contribution in [3.8, 4) is 0 Å². The average molecular weight is 325 g/mol. The zero-order valence-electron chi connectivity index (χ0n) is 11.2. The maximum Gasteiger partial charge on any atom is 0.338 e. The van der Waals surface area contributed by atoms with Crippen molar-refractivity contribution in [2.75, 3.05) is 12.4 Å². The Kier molecular flexibility index (Phi) is 4.40. The molecule has 0 heterocycles. The van der Waals surface area contributed by atoms with Gasteiger partial charge in [-0.25, -0.2) is 4.79 Å². The monoisotopic (exact) mass is 324 g/mol. The minimum Gasteiger partial charge on any atom is -0.465 e. The Hall–Kier alpha value is -1.16. The second-order valence-corrected chi connectivity index (χ2v) is 5.49. The number of carbonyl (C=O) groups is 2. The molecule has 1 aromatic carbocycles. The lowest BCUT2D eigenvalue weighted by molar-refractivity contribution is 0.0600. The molecule has 1 aromatic rings. The Morgan fingerprint density at radius 2 is 2.00 bits per heavy atom. The van der Waals surface area contributed by atoms with Gasteiger partial charge in [-0.2, -0.15) is 0 Å². The molecule has 2 rings (SSSR count). The van der Waals surface area contributed by atoms with Crippen LogP contribution in [0, 0.1) is 6.92 Å². The summed E-state index contributed by atoms with van der Waals surface area (Å²) < 4.78 is 4.76. The van der Waals surface area contributed by atoms with Crippen LogP contribution in [0.3, 0.4) is 0 Å². The molecule has 19 heavy (non-hydrogen) atoms. The molecule has 0 N–H and O–H groups in total. The summed E-state index contributed by atoms with van der Waals surface area (Å²) in [4.78, 5) is 23.8. The molecule has 0 radical (unpaired) electrons. The molecule has 1 aliphatic rings. The minimum atomic E-state index is -0.388. The van der Waals surface area contributed by atoms with Crippen LogP contribution in [0.5, 0.6) is 0 Å². The van der Waals surface area contributed by atoms with E-state index < -0.39 is 0 Å². The largest absolute Gasteiger partial charge is 0.465 e.